The fourth-order valence-electron chi connectivity index (χ4n) is 3.31. The van der Waals surface area contributed by atoms with E-state index in [0.717, 1.165) is 0 Å². The Morgan fingerprint density at radius 2 is 0.818 bits per heavy atom. The number of benzene rings is 4. The Balaban J connectivity index is 1.39. The number of fused-ring (bicyclic) bond motifs is 2. The van der Waals surface area contributed by atoms with Crippen molar-refractivity contribution in [1.82, 2.24) is 0 Å². The molecule has 0 amide bonds. The predicted octanol–water partition coefficient (Wildman–Crippen LogP) is 4.36. The van der Waals surface area contributed by atoms with E-state index in [1.54, 1.807) is 36.4 Å². The molecule has 164 valence electrons. The minimum Gasteiger partial charge on any atom is -0.478 e. The largest absolute Gasteiger partial charge is 0.478 e. The van der Waals surface area contributed by atoms with Crippen LogP contribution in [0.1, 0.15) is 41.4 Å². The zero-order chi connectivity index (χ0) is 23.5. The Labute approximate surface area is 186 Å². The minimum absolute atomic E-state index is 0.140. The molecule has 4 rings (SSSR count). The summed E-state index contributed by atoms with van der Waals surface area (Å²) in [4.78, 5) is 46.7. The van der Waals surface area contributed by atoms with E-state index < -0.39 is 30.7 Å². The second kappa shape index (κ2) is 8.80. The van der Waals surface area contributed by atoms with Crippen molar-refractivity contribution in [3.63, 3.8) is 0 Å². The van der Waals surface area contributed by atoms with E-state index in [4.69, 9.17) is 19.7 Å². The number of ether oxygens (including phenoxy) is 2. The fourth-order valence-corrected chi connectivity index (χ4v) is 3.31. The Morgan fingerprint density at radius 3 is 1.15 bits per heavy atom. The maximum Gasteiger partial charge on any atom is 0.341 e. The lowest BCUT2D eigenvalue weighted by molar-refractivity contribution is -0.0167. The summed E-state index contributed by atoms with van der Waals surface area (Å²) in [5.74, 6) is -3.49. The molecule has 0 spiro atoms. The monoisotopic (exact) mass is 444 g/mol. The highest BCUT2D eigenvalue weighted by Gasteiger charge is 2.13. The number of carboxylic acid groups (broad SMARTS) is 2. The molecule has 0 aliphatic heterocycles. The van der Waals surface area contributed by atoms with Gasteiger partial charge >= 0.3 is 23.9 Å². The quantitative estimate of drug-likeness (QED) is 0.332. The summed E-state index contributed by atoms with van der Waals surface area (Å²) in [5, 5.41) is 20.8. The van der Waals surface area contributed by atoms with Gasteiger partial charge < -0.3 is 19.7 Å². The van der Waals surface area contributed by atoms with Crippen LogP contribution >= 0.6 is 0 Å². The second-order valence-electron chi connectivity index (χ2n) is 7.15. The predicted molar refractivity (Wildman–Crippen MR) is 118 cm³/mol. The third kappa shape index (κ3) is 4.64. The Bertz CT molecular complexity index is 1330. The van der Waals surface area contributed by atoms with Crippen LogP contribution in [-0.2, 0) is 9.47 Å². The Hall–Kier alpha value is -4.72. The minimum atomic E-state index is -1.04. The number of esters is 2. The van der Waals surface area contributed by atoms with Crippen LogP contribution in [0.5, 0.6) is 0 Å². The summed E-state index contributed by atoms with van der Waals surface area (Å²) in [6.45, 7) is -0.594. The highest BCUT2D eigenvalue weighted by atomic mass is 16.7. The average molecular weight is 444 g/mol. The van der Waals surface area contributed by atoms with Crippen molar-refractivity contribution in [2.75, 3.05) is 6.79 Å². The van der Waals surface area contributed by atoms with Gasteiger partial charge in [0.2, 0.25) is 6.79 Å². The summed E-state index contributed by atoms with van der Waals surface area (Å²) >= 11 is 0. The summed E-state index contributed by atoms with van der Waals surface area (Å²) < 4.78 is 10.0. The molecule has 0 atom stereocenters. The average Bonchev–Trinajstić information content (AvgIpc) is 2.82. The van der Waals surface area contributed by atoms with E-state index in [1.165, 1.54) is 36.4 Å². The molecule has 0 aromatic heterocycles. The first kappa shape index (κ1) is 21.5. The first-order chi connectivity index (χ1) is 15.8. The lowest BCUT2D eigenvalue weighted by Crippen LogP contribution is -2.13. The molecule has 0 aliphatic carbocycles. The van der Waals surface area contributed by atoms with Crippen LogP contribution in [0.3, 0.4) is 0 Å². The molecule has 8 heteroatoms. The van der Waals surface area contributed by atoms with Gasteiger partial charge in [0.25, 0.3) is 0 Å². The Kier molecular flexibility index (Phi) is 5.73. The number of carboxylic acids is 2. The highest BCUT2D eigenvalue weighted by molar-refractivity contribution is 6.00. The Morgan fingerprint density at radius 1 is 0.515 bits per heavy atom. The molecule has 4 aromatic rings. The number of carbonyl (C=O) groups is 4. The molecular weight excluding hydrogens is 428 g/mol. The molecule has 0 saturated heterocycles. The molecular formula is C25H16O8. The second-order valence-corrected chi connectivity index (χ2v) is 7.15. The highest BCUT2D eigenvalue weighted by Crippen LogP contribution is 2.20. The van der Waals surface area contributed by atoms with Crippen LogP contribution < -0.4 is 0 Å². The maximum atomic E-state index is 12.3. The van der Waals surface area contributed by atoms with Crippen molar-refractivity contribution in [3.8, 4) is 0 Å². The van der Waals surface area contributed by atoms with Crippen molar-refractivity contribution in [2.24, 2.45) is 0 Å². The fraction of sp³-hybridized carbons (Fsp3) is 0.0400. The van der Waals surface area contributed by atoms with Gasteiger partial charge in [-0.05, 0) is 70.1 Å². The third-order valence-corrected chi connectivity index (χ3v) is 5.03. The number of hydrogen-bond donors (Lipinski definition) is 2. The first-order valence-electron chi connectivity index (χ1n) is 9.70. The van der Waals surface area contributed by atoms with Crippen molar-refractivity contribution >= 4 is 45.4 Å². The van der Waals surface area contributed by atoms with Crippen LogP contribution in [0.4, 0.5) is 0 Å². The molecule has 33 heavy (non-hydrogen) atoms. The number of aromatic carboxylic acids is 2. The van der Waals surface area contributed by atoms with E-state index in [1.807, 2.05) is 0 Å². The van der Waals surface area contributed by atoms with Gasteiger partial charge in [-0.25, -0.2) is 19.2 Å². The molecule has 0 aliphatic rings. The summed E-state index contributed by atoms with van der Waals surface area (Å²) in [6.07, 6.45) is 0. The zero-order valence-corrected chi connectivity index (χ0v) is 17.0. The van der Waals surface area contributed by atoms with E-state index in [-0.39, 0.29) is 22.3 Å². The van der Waals surface area contributed by atoms with Gasteiger partial charge in [-0.15, -0.1) is 0 Å². The topological polar surface area (TPSA) is 127 Å². The molecule has 2 N–H and O–H groups in total. The van der Waals surface area contributed by atoms with Crippen molar-refractivity contribution in [1.29, 1.82) is 0 Å². The number of rotatable bonds is 6. The van der Waals surface area contributed by atoms with Gasteiger partial charge in [-0.3, -0.25) is 0 Å². The van der Waals surface area contributed by atoms with Gasteiger partial charge in [0, 0.05) is 0 Å². The van der Waals surface area contributed by atoms with E-state index in [9.17, 15) is 19.2 Å². The van der Waals surface area contributed by atoms with E-state index >= 15 is 0 Å². The standard InChI is InChI=1S/C25H16O8/c26-22(27)18-5-1-16-11-20(7-3-14(16)9-18)24(30)32-13-33-25(31)21-8-4-15-10-19(23(28)29)6-2-17(15)12-21/h1-12H,13H2,(H,26,27)(H,28,29). The van der Waals surface area contributed by atoms with E-state index in [0.29, 0.717) is 21.5 Å². The molecule has 0 fully saturated rings. The molecule has 4 aromatic carbocycles. The van der Waals surface area contributed by atoms with Gasteiger partial charge in [-0.2, -0.15) is 0 Å². The van der Waals surface area contributed by atoms with E-state index in [2.05, 4.69) is 0 Å². The number of carbonyl (C=O) groups excluding carboxylic acids is 2. The molecule has 0 heterocycles. The normalized spacial score (nSPS) is 10.7. The van der Waals surface area contributed by atoms with Gasteiger partial charge in [0.15, 0.2) is 0 Å². The number of hydrogen-bond acceptors (Lipinski definition) is 6. The first-order valence-corrected chi connectivity index (χ1v) is 9.70. The smallest absolute Gasteiger partial charge is 0.341 e. The summed E-state index contributed by atoms with van der Waals surface area (Å²) in [7, 11) is 0. The van der Waals surface area contributed by atoms with Crippen LogP contribution in [0.15, 0.2) is 72.8 Å². The third-order valence-electron chi connectivity index (χ3n) is 5.03. The lowest BCUT2D eigenvalue weighted by Gasteiger charge is -2.08. The van der Waals surface area contributed by atoms with Crippen molar-refractivity contribution in [3.05, 3.63) is 95.1 Å². The molecule has 0 unspecified atom stereocenters. The van der Waals surface area contributed by atoms with Crippen LogP contribution in [0.2, 0.25) is 0 Å². The zero-order valence-electron chi connectivity index (χ0n) is 17.0. The summed E-state index contributed by atoms with van der Waals surface area (Å²) in [5.41, 5.74) is 0.727. The van der Waals surface area contributed by atoms with Crippen LogP contribution in [-0.4, -0.2) is 40.9 Å². The van der Waals surface area contributed by atoms with Gasteiger partial charge in [0.05, 0.1) is 22.3 Å². The molecule has 0 saturated carbocycles. The molecule has 8 nitrogen and oxygen atoms in total. The summed E-state index contributed by atoms with van der Waals surface area (Å²) in [6, 6.07) is 18.4. The lowest BCUT2D eigenvalue weighted by atomic mass is 10.0. The van der Waals surface area contributed by atoms with Gasteiger partial charge in [-0.1, -0.05) is 24.3 Å². The SMILES string of the molecule is O=C(O)c1ccc2cc(C(=O)OCOC(=O)c3ccc4cc(C(=O)O)ccc4c3)ccc2c1. The van der Waals surface area contributed by atoms with Crippen LogP contribution in [0, 0.1) is 0 Å². The molecule has 0 radical (unpaired) electrons. The van der Waals surface area contributed by atoms with Crippen molar-refractivity contribution < 1.29 is 38.9 Å². The van der Waals surface area contributed by atoms with Gasteiger partial charge in [0.1, 0.15) is 0 Å². The maximum absolute atomic E-state index is 12.3. The van der Waals surface area contributed by atoms with Crippen molar-refractivity contribution in [2.45, 2.75) is 0 Å². The molecule has 0 bridgehead atoms. The van der Waals surface area contributed by atoms with Crippen LogP contribution in [0.25, 0.3) is 21.5 Å².